The van der Waals surface area contributed by atoms with Crippen LogP contribution in [0.5, 0.6) is 0 Å². The van der Waals surface area contributed by atoms with Gasteiger partial charge in [-0.15, -0.1) is 0 Å². The third-order valence-corrected chi connectivity index (χ3v) is 3.62. The standard InChI is InChI=1S/C19H24N4O2/c1-23(2)12-6-10-21-18(24)16-9-11-20-17(13-16)19(25)22-14-15-7-4-3-5-8-15/h3-5,7-9,11,13H,6,10,12,14H2,1-2H3,(H,21,24)(H,22,25). The van der Waals surface area contributed by atoms with E-state index in [2.05, 4.69) is 20.5 Å². The van der Waals surface area contributed by atoms with Gasteiger partial charge in [-0.1, -0.05) is 30.3 Å². The molecule has 1 aromatic heterocycles. The summed E-state index contributed by atoms with van der Waals surface area (Å²) < 4.78 is 0. The zero-order valence-corrected chi connectivity index (χ0v) is 14.7. The highest BCUT2D eigenvalue weighted by atomic mass is 16.2. The van der Waals surface area contributed by atoms with E-state index in [-0.39, 0.29) is 17.5 Å². The highest BCUT2D eigenvalue weighted by Gasteiger charge is 2.11. The number of pyridine rings is 1. The maximum atomic E-state index is 12.2. The molecule has 2 N–H and O–H groups in total. The Morgan fingerprint density at radius 1 is 1.04 bits per heavy atom. The van der Waals surface area contributed by atoms with E-state index in [1.807, 2.05) is 44.4 Å². The van der Waals surface area contributed by atoms with Crippen LogP contribution in [-0.4, -0.2) is 48.9 Å². The maximum Gasteiger partial charge on any atom is 0.270 e. The Balaban J connectivity index is 1.88. The Kier molecular flexibility index (Phi) is 7.10. The molecule has 0 aliphatic rings. The first kappa shape index (κ1) is 18.6. The van der Waals surface area contributed by atoms with Crippen molar-refractivity contribution in [2.24, 2.45) is 0 Å². The van der Waals surface area contributed by atoms with Crippen LogP contribution in [0.1, 0.15) is 32.8 Å². The number of amides is 2. The Labute approximate surface area is 148 Å². The quantitative estimate of drug-likeness (QED) is 0.717. The highest BCUT2D eigenvalue weighted by molar-refractivity contribution is 5.98. The second-order valence-electron chi connectivity index (χ2n) is 6.01. The summed E-state index contributed by atoms with van der Waals surface area (Å²) in [5.41, 5.74) is 1.67. The molecule has 1 aromatic carbocycles. The maximum absolute atomic E-state index is 12.2. The van der Waals surface area contributed by atoms with Gasteiger partial charge in [0.2, 0.25) is 0 Å². The highest BCUT2D eigenvalue weighted by Crippen LogP contribution is 2.04. The minimum atomic E-state index is -0.300. The average Bonchev–Trinajstić information content (AvgIpc) is 2.64. The van der Waals surface area contributed by atoms with E-state index in [1.54, 1.807) is 6.07 Å². The van der Waals surface area contributed by atoms with Crippen molar-refractivity contribution in [3.8, 4) is 0 Å². The molecule has 2 amide bonds. The SMILES string of the molecule is CN(C)CCCNC(=O)c1ccnc(C(=O)NCc2ccccc2)c1. The fourth-order valence-electron chi connectivity index (χ4n) is 2.26. The van der Waals surface area contributed by atoms with Gasteiger partial charge in [-0.05, 0) is 44.8 Å². The molecule has 2 rings (SSSR count). The van der Waals surface area contributed by atoms with E-state index in [0.717, 1.165) is 18.5 Å². The zero-order valence-electron chi connectivity index (χ0n) is 14.7. The molecule has 6 heteroatoms. The van der Waals surface area contributed by atoms with Gasteiger partial charge in [0, 0.05) is 24.8 Å². The van der Waals surface area contributed by atoms with E-state index >= 15 is 0 Å². The van der Waals surface area contributed by atoms with Gasteiger partial charge >= 0.3 is 0 Å². The Morgan fingerprint density at radius 2 is 1.80 bits per heavy atom. The third-order valence-electron chi connectivity index (χ3n) is 3.62. The van der Waals surface area contributed by atoms with Crippen molar-refractivity contribution < 1.29 is 9.59 Å². The molecule has 0 saturated carbocycles. The van der Waals surface area contributed by atoms with Crippen LogP contribution in [0.3, 0.4) is 0 Å². The van der Waals surface area contributed by atoms with Crippen LogP contribution in [0.25, 0.3) is 0 Å². The molecule has 0 atom stereocenters. The molecule has 0 spiro atoms. The van der Waals surface area contributed by atoms with E-state index < -0.39 is 0 Å². The first-order valence-corrected chi connectivity index (χ1v) is 8.27. The molecule has 0 saturated heterocycles. The summed E-state index contributed by atoms with van der Waals surface area (Å²) in [5.74, 6) is -0.496. The molecular formula is C19H24N4O2. The topological polar surface area (TPSA) is 74.3 Å². The van der Waals surface area contributed by atoms with Gasteiger partial charge in [-0.25, -0.2) is 0 Å². The number of nitrogens with one attached hydrogen (secondary N) is 2. The van der Waals surface area contributed by atoms with Crippen LogP contribution in [0, 0.1) is 0 Å². The van der Waals surface area contributed by atoms with Gasteiger partial charge in [-0.3, -0.25) is 14.6 Å². The fraction of sp³-hybridized carbons (Fsp3) is 0.316. The minimum Gasteiger partial charge on any atom is -0.352 e. The summed E-state index contributed by atoms with van der Waals surface area (Å²) in [6, 6.07) is 12.8. The lowest BCUT2D eigenvalue weighted by atomic mass is 10.2. The Morgan fingerprint density at radius 3 is 2.52 bits per heavy atom. The van der Waals surface area contributed by atoms with Crippen LogP contribution < -0.4 is 10.6 Å². The smallest absolute Gasteiger partial charge is 0.270 e. The van der Waals surface area contributed by atoms with Gasteiger partial charge in [0.05, 0.1) is 0 Å². The lowest BCUT2D eigenvalue weighted by Gasteiger charge is -2.10. The molecule has 132 valence electrons. The molecular weight excluding hydrogens is 316 g/mol. The van der Waals surface area contributed by atoms with E-state index in [9.17, 15) is 9.59 Å². The number of benzene rings is 1. The fourth-order valence-corrected chi connectivity index (χ4v) is 2.26. The van der Waals surface area contributed by atoms with Crippen molar-refractivity contribution in [1.82, 2.24) is 20.5 Å². The van der Waals surface area contributed by atoms with Crippen LogP contribution >= 0.6 is 0 Å². The molecule has 2 aromatic rings. The van der Waals surface area contributed by atoms with Crippen LogP contribution in [-0.2, 0) is 6.54 Å². The lowest BCUT2D eigenvalue weighted by Crippen LogP contribution is -2.28. The van der Waals surface area contributed by atoms with Crippen molar-refractivity contribution in [1.29, 1.82) is 0 Å². The first-order chi connectivity index (χ1) is 12.1. The van der Waals surface area contributed by atoms with E-state index in [4.69, 9.17) is 0 Å². The summed E-state index contributed by atoms with van der Waals surface area (Å²) in [6.45, 7) is 1.92. The molecule has 0 radical (unpaired) electrons. The second-order valence-corrected chi connectivity index (χ2v) is 6.01. The molecule has 1 heterocycles. The number of aromatic nitrogens is 1. The molecule has 0 unspecified atom stereocenters. The predicted molar refractivity (Wildman–Crippen MR) is 97.4 cm³/mol. The number of nitrogens with zero attached hydrogens (tertiary/aromatic N) is 2. The van der Waals surface area contributed by atoms with E-state index in [0.29, 0.717) is 18.7 Å². The zero-order chi connectivity index (χ0) is 18.1. The molecule has 6 nitrogen and oxygen atoms in total. The van der Waals surface area contributed by atoms with Gasteiger partial charge in [0.25, 0.3) is 11.8 Å². The second kappa shape index (κ2) is 9.54. The number of hydrogen-bond donors (Lipinski definition) is 2. The summed E-state index contributed by atoms with van der Waals surface area (Å²) in [7, 11) is 3.98. The van der Waals surface area contributed by atoms with E-state index in [1.165, 1.54) is 12.3 Å². The van der Waals surface area contributed by atoms with Crippen molar-refractivity contribution in [3.05, 3.63) is 65.5 Å². The van der Waals surface area contributed by atoms with Crippen molar-refractivity contribution >= 4 is 11.8 Å². The molecule has 0 fully saturated rings. The van der Waals surface area contributed by atoms with Gasteiger partial charge in [0.1, 0.15) is 5.69 Å². The number of rotatable bonds is 8. The van der Waals surface area contributed by atoms with Crippen molar-refractivity contribution in [2.75, 3.05) is 27.2 Å². The Bertz CT molecular complexity index is 702. The minimum absolute atomic E-state index is 0.196. The largest absolute Gasteiger partial charge is 0.352 e. The predicted octanol–water partition coefficient (Wildman–Crippen LogP) is 1.69. The normalized spacial score (nSPS) is 10.5. The van der Waals surface area contributed by atoms with Crippen LogP contribution in [0.15, 0.2) is 48.7 Å². The molecule has 25 heavy (non-hydrogen) atoms. The first-order valence-electron chi connectivity index (χ1n) is 8.27. The average molecular weight is 340 g/mol. The Hall–Kier alpha value is -2.73. The van der Waals surface area contributed by atoms with Crippen molar-refractivity contribution in [2.45, 2.75) is 13.0 Å². The summed E-state index contributed by atoms with van der Waals surface area (Å²) in [6.07, 6.45) is 2.35. The number of hydrogen-bond acceptors (Lipinski definition) is 4. The van der Waals surface area contributed by atoms with Gasteiger partial charge < -0.3 is 15.5 Å². The van der Waals surface area contributed by atoms with Crippen LogP contribution in [0.2, 0.25) is 0 Å². The lowest BCUT2D eigenvalue weighted by molar-refractivity contribution is 0.0946. The van der Waals surface area contributed by atoms with Crippen LogP contribution in [0.4, 0.5) is 0 Å². The number of carbonyl (C=O) groups is 2. The summed E-state index contributed by atoms with van der Waals surface area (Å²) in [4.78, 5) is 30.5. The monoisotopic (exact) mass is 340 g/mol. The van der Waals surface area contributed by atoms with Gasteiger partial charge in [0.15, 0.2) is 0 Å². The molecule has 0 aliphatic heterocycles. The van der Waals surface area contributed by atoms with Crippen molar-refractivity contribution in [3.63, 3.8) is 0 Å². The molecule has 0 bridgehead atoms. The third kappa shape index (κ3) is 6.35. The summed E-state index contributed by atoms with van der Waals surface area (Å²) >= 11 is 0. The summed E-state index contributed by atoms with van der Waals surface area (Å²) in [5, 5.41) is 5.66. The van der Waals surface area contributed by atoms with Gasteiger partial charge in [-0.2, -0.15) is 0 Å². The molecule has 0 aliphatic carbocycles. The number of carbonyl (C=O) groups excluding carboxylic acids is 2.